The van der Waals surface area contributed by atoms with Gasteiger partial charge in [0, 0.05) is 31.0 Å². The van der Waals surface area contributed by atoms with Gasteiger partial charge in [0.2, 0.25) is 0 Å². The van der Waals surface area contributed by atoms with Crippen LogP contribution in [0.2, 0.25) is 10.0 Å². The number of carbonyl (C=O) groups is 2. The van der Waals surface area contributed by atoms with Crippen LogP contribution >= 0.6 is 23.2 Å². The molecule has 0 spiro atoms. The number of halogens is 2. The zero-order valence-electron chi connectivity index (χ0n) is 18.7. The highest BCUT2D eigenvalue weighted by atomic mass is 35.5. The van der Waals surface area contributed by atoms with E-state index in [1.807, 2.05) is 10.8 Å². The van der Waals surface area contributed by atoms with Crippen molar-refractivity contribution in [2.24, 2.45) is 0 Å². The summed E-state index contributed by atoms with van der Waals surface area (Å²) in [5.74, 6) is -1.12. The molecule has 1 fully saturated rings. The van der Waals surface area contributed by atoms with Crippen LogP contribution in [0, 0.1) is 0 Å². The van der Waals surface area contributed by atoms with Gasteiger partial charge >= 0.3 is 0 Å². The Morgan fingerprint density at radius 1 is 1.11 bits per heavy atom. The summed E-state index contributed by atoms with van der Waals surface area (Å²) in [5.41, 5.74) is 0.960. The van der Waals surface area contributed by atoms with Gasteiger partial charge in [-0.25, -0.2) is 4.98 Å². The van der Waals surface area contributed by atoms with Crippen molar-refractivity contribution in [3.05, 3.63) is 101 Å². The Labute approximate surface area is 212 Å². The summed E-state index contributed by atoms with van der Waals surface area (Å²) in [6.07, 6.45) is 7.39. The lowest BCUT2D eigenvalue weighted by Crippen LogP contribution is -2.31. The maximum absolute atomic E-state index is 13.1. The lowest BCUT2D eigenvalue weighted by atomic mass is 9.95. The first kappa shape index (κ1) is 24.6. The molecule has 1 unspecified atom stereocenters. The molecule has 1 saturated heterocycles. The number of hydrogen-bond acceptors (Lipinski definition) is 5. The molecule has 4 rings (SSSR count). The number of imidazole rings is 1. The lowest BCUT2D eigenvalue weighted by Gasteiger charge is -2.25. The van der Waals surface area contributed by atoms with Gasteiger partial charge in [0.05, 0.1) is 28.0 Å². The van der Waals surface area contributed by atoms with Crippen molar-refractivity contribution in [1.29, 1.82) is 0 Å². The van der Waals surface area contributed by atoms with Crippen LogP contribution in [-0.2, 0) is 16.1 Å². The molecule has 1 N–H and O–H groups in total. The number of aryl methyl sites for hydroxylation is 1. The Morgan fingerprint density at radius 3 is 2.54 bits per heavy atom. The van der Waals surface area contributed by atoms with E-state index >= 15 is 0 Å². The van der Waals surface area contributed by atoms with Gasteiger partial charge in [0.25, 0.3) is 11.7 Å². The SMILES string of the molecule is C=CCOc1ccc(/C(O)=C2\C(=O)C(=O)N(CCCn3ccnc3)C2c2ccc(Cl)c(Cl)c2)cc1. The number of aromatic nitrogens is 2. The Morgan fingerprint density at radius 2 is 1.89 bits per heavy atom. The average Bonchev–Trinajstić information content (AvgIpc) is 3.47. The predicted octanol–water partition coefficient (Wildman–Crippen LogP) is 5.27. The minimum absolute atomic E-state index is 0.00391. The first-order valence-corrected chi connectivity index (χ1v) is 11.7. The van der Waals surface area contributed by atoms with Gasteiger partial charge in [-0.2, -0.15) is 0 Å². The van der Waals surface area contributed by atoms with E-state index in [9.17, 15) is 14.7 Å². The third kappa shape index (κ3) is 5.26. The number of Topliss-reactive ketones (excluding diaryl/α,β-unsaturated/α-hetero) is 1. The van der Waals surface area contributed by atoms with Gasteiger partial charge in [0.1, 0.15) is 18.1 Å². The zero-order valence-corrected chi connectivity index (χ0v) is 20.2. The number of ether oxygens (including phenoxy) is 1. The minimum atomic E-state index is -0.816. The molecule has 9 heteroatoms. The van der Waals surface area contributed by atoms with Crippen LogP contribution in [0.25, 0.3) is 5.76 Å². The number of rotatable bonds is 9. The minimum Gasteiger partial charge on any atom is -0.507 e. The standard InChI is InChI=1S/C26H23Cl2N3O4/c1-2-14-35-19-7-4-17(5-8-19)24(32)22-23(18-6-9-20(27)21(28)15-18)31(26(34)25(22)33)12-3-11-30-13-10-29-16-30/h2,4-10,13,15-16,23,32H,1,3,11-12,14H2/b24-22+. The quantitative estimate of drug-likeness (QED) is 0.183. The summed E-state index contributed by atoms with van der Waals surface area (Å²) >= 11 is 12.4. The molecule has 1 atom stereocenters. The summed E-state index contributed by atoms with van der Waals surface area (Å²) in [7, 11) is 0. The maximum atomic E-state index is 13.1. The molecule has 35 heavy (non-hydrogen) atoms. The fourth-order valence-electron chi connectivity index (χ4n) is 4.00. The second-order valence-corrected chi connectivity index (χ2v) is 8.76. The van der Waals surface area contributed by atoms with Gasteiger partial charge in [-0.1, -0.05) is 41.9 Å². The van der Waals surface area contributed by atoms with Crippen molar-refractivity contribution in [1.82, 2.24) is 14.5 Å². The molecule has 7 nitrogen and oxygen atoms in total. The number of likely N-dealkylation sites (tertiary alicyclic amines) is 1. The zero-order chi connectivity index (χ0) is 24.9. The highest BCUT2D eigenvalue weighted by Crippen LogP contribution is 2.41. The Kier molecular flexibility index (Phi) is 7.58. The number of ketones is 1. The first-order valence-electron chi connectivity index (χ1n) is 10.9. The molecule has 3 aromatic rings. The molecule has 0 saturated carbocycles. The lowest BCUT2D eigenvalue weighted by molar-refractivity contribution is -0.139. The van der Waals surface area contributed by atoms with Crippen molar-refractivity contribution in [3.8, 4) is 5.75 Å². The highest BCUT2D eigenvalue weighted by Gasteiger charge is 2.45. The van der Waals surface area contributed by atoms with E-state index in [0.717, 1.165) is 0 Å². The fraction of sp³-hybridized carbons (Fsp3) is 0.192. The number of carbonyl (C=O) groups excluding carboxylic acids is 2. The second kappa shape index (κ2) is 10.8. The van der Waals surface area contributed by atoms with Gasteiger partial charge in [-0.3, -0.25) is 9.59 Å². The van der Waals surface area contributed by atoms with Crippen molar-refractivity contribution < 1.29 is 19.4 Å². The van der Waals surface area contributed by atoms with Crippen LogP contribution in [0.15, 0.2) is 79.4 Å². The summed E-state index contributed by atoms with van der Waals surface area (Å²) in [6, 6.07) is 10.7. The molecule has 0 bridgehead atoms. The van der Waals surface area contributed by atoms with E-state index in [0.29, 0.717) is 48.0 Å². The largest absolute Gasteiger partial charge is 0.507 e. The third-order valence-corrected chi connectivity index (χ3v) is 6.41. The molecule has 0 aliphatic carbocycles. The van der Waals surface area contributed by atoms with E-state index < -0.39 is 17.7 Å². The Hall–Kier alpha value is -3.55. The monoisotopic (exact) mass is 511 g/mol. The van der Waals surface area contributed by atoms with Crippen molar-refractivity contribution in [3.63, 3.8) is 0 Å². The topological polar surface area (TPSA) is 84.7 Å². The fourth-order valence-corrected chi connectivity index (χ4v) is 4.31. The molecule has 1 aliphatic heterocycles. The maximum Gasteiger partial charge on any atom is 0.295 e. The van der Waals surface area contributed by atoms with Gasteiger partial charge in [0.15, 0.2) is 0 Å². The summed E-state index contributed by atoms with van der Waals surface area (Å²) in [5, 5.41) is 11.8. The summed E-state index contributed by atoms with van der Waals surface area (Å²) in [6.45, 7) is 4.86. The average molecular weight is 512 g/mol. The molecular formula is C26H23Cl2N3O4. The number of aliphatic hydroxyl groups excluding tert-OH is 1. The van der Waals surface area contributed by atoms with Crippen molar-refractivity contribution in [2.75, 3.05) is 13.2 Å². The van der Waals surface area contributed by atoms with Gasteiger partial charge in [-0.05, 0) is 48.4 Å². The van der Waals surface area contributed by atoms with E-state index in [1.54, 1.807) is 61.1 Å². The van der Waals surface area contributed by atoms with Crippen LogP contribution in [0.4, 0.5) is 0 Å². The number of aliphatic hydroxyl groups is 1. The molecule has 180 valence electrons. The molecule has 1 aromatic heterocycles. The predicted molar refractivity (Wildman–Crippen MR) is 134 cm³/mol. The summed E-state index contributed by atoms with van der Waals surface area (Å²) in [4.78, 5) is 31.7. The van der Waals surface area contributed by atoms with Crippen LogP contribution in [0.5, 0.6) is 5.75 Å². The Bertz CT molecular complexity index is 1270. The molecule has 1 amide bonds. The number of hydrogen-bond donors (Lipinski definition) is 1. The van der Waals surface area contributed by atoms with E-state index in [-0.39, 0.29) is 16.4 Å². The smallest absolute Gasteiger partial charge is 0.295 e. The molecule has 2 heterocycles. The highest BCUT2D eigenvalue weighted by molar-refractivity contribution is 6.46. The third-order valence-electron chi connectivity index (χ3n) is 5.67. The van der Waals surface area contributed by atoms with Crippen LogP contribution in [0.3, 0.4) is 0 Å². The van der Waals surface area contributed by atoms with Crippen LogP contribution in [0.1, 0.15) is 23.6 Å². The molecular weight excluding hydrogens is 489 g/mol. The van der Waals surface area contributed by atoms with Gasteiger partial charge < -0.3 is 19.3 Å². The van der Waals surface area contributed by atoms with E-state index in [2.05, 4.69) is 11.6 Å². The number of benzene rings is 2. The number of nitrogens with zero attached hydrogens (tertiary/aromatic N) is 3. The summed E-state index contributed by atoms with van der Waals surface area (Å²) < 4.78 is 7.37. The number of amides is 1. The molecule has 1 aliphatic rings. The first-order chi connectivity index (χ1) is 16.9. The molecule has 0 radical (unpaired) electrons. The van der Waals surface area contributed by atoms with Crippen molar-refractivity contribution in [2.45, 2.75) is 19.0 Å². The van der Waals surface area contributed by atoms with Crippen LogP contribution < -0.4 is 4.74 Å². The van der Waals surface area contributed by atoms with Crippen molar-refractivity contribution >= 4 is 40.7 Å². The Balaban J connectivity index is 1.71. The molecule has 2 aromatic carbocycles. The van der Waals surface area contributed by atoms with Crippen LogP contribution in [-0.4, -0.2) is 44.4 Å². The van der Waals surface area contributed by atoms with E-state index in [4.69, 9.17) is 27.9 Å². The van der Waals surface area contributed by atoms with E-state index in [1.165, 1.54) is 4.90 Å². The normalized spacial score (nSPS) is 17.1. The second-order valence-electron chi connectivity index (χ2n) is 7.94. The van der Waals surface area contributed by atoms with Gasteiger partial charge in [-0.15, -0.1) is 0 Å².